The van der Waals surface area contributed by atoms with Crippen molar-refractivity contribution >= 4 is 22.8 Å². The van der Waals surface area contributed by atoms with Crippen LogP contribution in [0.5, 0.6) is 0 Å². The van der Waals surface area contributed by atoms with E-state index in [2.05, 4.69) is 51.2 Å². The van der Waals surface area contributed by atoms with Gasteiger partial charge in [-0.1, -0.05) is 12.1 Å². The van der Waals surface area contributed by atoms with Crippen LogP contribution in [0.15, 0.2) is 56.4 Å². The predicted molar refractivity (Wildman–Crippen MR) is 168 cm³/mol. The van der Waals surface area contributed by atoms with Crippen molar-refractivity contribution in [2.24, 2.45) is 20.0 Å². The molecule has 0 saturated heterocycles. The van der Waals surface area contributed by atoms with E-state index in [1.54, 1.807) is 0 Å². The molecule has 4 bridgehead atoms. The fourth-order valence-corrected chi connectivity index (χ4v) is 4.06. The van der Waals surface area contributed by atoms with Gasteiger partial charge in [0.05, 0.1) is 71.8 Å². The van der Waals surface area contributed by atoms with Crippen LogP contribution in [0.3, 0.4) is 0 Å². The minimum absolute atomic E-state index is 0. The molecule has 13 heteroatoms. The molecule has 0 saturated carbocycles. The molecule has 4 rings (SSSR count). The van der Waals surface area contributed by atoms with Crippen molar-refractivity contribution in [2.45, 2.75) is 27.7 Å². The fourth-order valence-electron chi connectivity index (χ4n) is 4.06. The van der Waals surface area contributed by atoms with E-state index >= 15 is 0 Å². The average molecular weight is 673 g/mol. The first kappa shape index (κ1) is 40.9. The molecular formula is C30H46Cl2MnN10. The summed E-state index contributed by atoms with van der Waals surface area (Å²) in [4.78, 5) is 27.5. The number of hydrogen-bond donors (Lipinski definition) is 4. The first-order valence-corrected chi connectivity index (χ1v) is 14.4. The maximum atomic E-state index is 4.64. The van der Waals surface area contributed by atoms with Crippen LogP contribution in [-0.2, 0) is 17.1 Å². The van der Waals surface area contributed by atoms with Gasteiger partial charge in [0.25, 0.3) is 0 Å². The molecule has 2 aromatic rings. The zero-order chi connectivity index (χ0) is 28.4. The molecule has 0 aliphatic carbocycles. The Hall–Kier alpha value is -2.08. The van der Waals surface area contributed by atoms with E-state index in [1.807, 2.05) is 64.1 Å². The van der Waals surface area contributed by atoms with Gasteiger partial charge in [0, 0.05) is 52.4 Å². The number of aliphatic imine (C=N–C) groups is 4. The molecule has 0 aromatic carbocycles. The summed E-state index contributed by atoms with van der Waals surface area (Å²) in [5.74, 6) is 0. The number of pyridine rings is 2. The Morgan fingerprint density at radius 1 is 0.419 bits per heavy atom. The third kappa shape index (κ3) is 16.0. The van der Waals surface area contributed by atoms with Crippen LogP contribution in [0.1, 0.15) is 50.5 Å². The first-order chi connectivity index (χ1) is 19.5. The Morgan fingerprint density at radius 3 is 0.884 bits per heavy atom. The Kier molecular flexibility index (Phi) is 23.1. The SMILES string of the molecule is CC1=NCCNCCNCCN=C(C)c2cccc1n2.CC1=NCCNCCNCCN=C(C)c2cccc1n2.[Cl-].[Cl-].[Mn+2]. The Balaban J connectivity index is 0.000000767. The molecule has 0 spiro atoms. The molecular weight excluding hydrogens is 626 g/mol. The zero-order valence-electron chi connectivity index (χ0n) is 25.8. The molecule has 43 heavy (non-hydrogen) atoms. The number of nitrogens with one attached hydrogen (secondary N) is 4. The molecule has 2 aliphatic rings. The monoisotopic (exact) mass is 671 g/mol. The van der Waals surface area contributed by atoms with Crippen LogP contribution < -0.4 is 46.1 Å². The number of fused-ring (bicyclic) bond motifs is 4. The van der Waals surface area contributed by atoms with Crippen molar-refractivity contribution in [1.29, 1.82) is 0 Å². The maximum Gasteiger partial charge on any atom is 2.00 e. The molecule has 4 N–H and O–H groups in total. The number of halogens is 2. The van der Waals surface area contributed by atoms with E-state index in [4.69, 9.17) is 0 Å². The summed E-state index contributed by atoms with van der Waals surface area (Å²) in [5.41, 5.74) is 7.66. The van der Waals surface area contributed by atoms with Crippen LogP contribution in [0.4, 0.5) is 0 Å². The van der Waals surface area contributed by atoms with Gasteiger partial charge >= 0.3 is 17.1 Å². The van der Waals surface area contributed by atoms with Crippen LogP contribution in [0.2, 0.25) is 0 Å². The Bertz CT molecular complexity index is 1010. The van der Waals surface area contributed by atoms with Gasteiger partial charge < -0.3 is 46.1 Å². The second-order valence-electron chi connectivity index (χ2n) is 9.68. The third-order valence-electron chi connectivity index (χ3n) is 6.49. The quantitative estimate of drug-likeness (QED) is 0.211. The summed E-state index contributed by atoms with van der Waals surface area (Å²) in [6.07, 6.45) is 0. The second kappa shape index (κ2) is 24.3. The molecule has 2 aliphatic heterocycles. The topological polar surface area (TPSA) is 123 Å². The number of nitrogens with zero attached hydrogens (tertiary/aromatic N) is 6. The van der Waals surface area contributed by atoms with Gasteiger partial charge in [0.15, 0.2) is 0 Å². The molecule has 10 nitrogen and oxygen atoms in total. The zero-order valence-corrected chi connectivity index (χ0v) is 28.5. The number of rotatable bonds is 0. The molecule has 0 fully saturated rings. The van der Waals surface area contributed by atoms with Crippen molar-refractivity contribution in [3.63, 3.8) is 0 Å². The van der Waals surface area contributed by atoms with E-state index < -0.39 is 0 Å². The van der Waals surface area contributed by atoms with Crippen molar-refractivity contribution in [1.82, 2.24) is 31.2 Å². The van der Waals surface area contributed by atoms with E-state index in [1.165, 1.54) is 0 Å². The third-order valence-corrected chi connectivity index (χ3v) is 6.49. The van der Waals surface area contributed by atoms with Crippen LogP contribution >= 0.6 is 0 Å². The van der Waals surface area contributed by atoms with E-state index in [0.717, 1.165) is 124 Å². The Labute approximate surface area is 280 Å². The van der Waals surface area contributed by atoms with Gasteiger partial charge in [-0.25, -0.2) is 9.97 Å². The molecule has 0 atom stereocenters. The minimum Gasteiger partial charge on any atom is -1.00 e. The first-order valence-electron chi connectivity index (χ1n) is 14.4. The predicted octanol–water partition coefficient (Wildman–Crippen LogP) is -4.21. The number of aromatic nitrogens is 2. The molecule has 1 radical (unpaired) electrons. The fraction of sp³-hybridized carbons (Fsp3) is 0.533. The summed E-state index contributed by atoms with van der Waals surface area (Å²) in [6.45, 7) is 18.6. The largest absolute Gasteiger partial charge is 2.00 e. The van der Waals surface area contributed by atoms with Crippen molar-refractivity contribution < 1.29 is 41.9 Å². The van der Waals surface area contributed by atoms with Crippen LogP contribution in [0.25, 0.3) is 0 Å². The maximum absolute atomic E-state index is 4.64. The minimum atomic E-state index is 0. The van der Waals surface area contributed by atoms with Gasteiger partial charge in [-0.15, -0.1) is 0 Å². The van der Waals surface area contributed by atoms with E-state index in [9.17, 15) is 0 Å². The van der Waals surface area contributed by atoms with Gasteiger partial charge in [0.1, 0.15) is 0 Å². The summed E-state index contributed by atoms with van der Waals surface area (Å²) in [6, 6.07) is 12.0. The van der Waals surface area contributed by atoms with Crippen molar-refractivity contribution in [3.8, 4) is 0 Å². The van der Waals surface area contributed by atoms with E-state index in [-0.39, 0.29) is 41.9 Å². The smallest absolute Gasteiger partial charge is 1.00 e. The van der Waals surface area contributed by atoms with Crippen molar-refractivity contribution in [3.05, 3.63) is 59.2 Å². The Morgan fingerprint density at radius 2 is 0.651 bits per heavy atom. The van der Waals surface area contributed by atoms with Gasteiger partial charge in [-0.05, 0) is 52.0 Å². The summed E-state index contributed by atoms with van der Waals surface area (Å²) in [5, 5.41) is 13.5. The molecule has 0 unspecified atom stereocenters. The van der Waals surface area contributed by atoms with Gasteiger partial charge in [-0.2, -0.15) is 0 Å². The van der Waals surface area contributed by atoms with E-state index in [0.29, 0.717) is 0 Å². The summed E-state index contributed by atoms with van der Waals surface area (Å²) < 4.78 is 0. The van der Waals surface area contributed by atoms with Crippen LogP contribution in [-0.4, -0.2) is 111 Å². The summed E-state index contributed by atoms with van der Waals surface area (Å²) in [7, 11) is 0. The van der Waals surface area contributed by atoms with Crippen molar-refractivity contribution in [2.75, 3.05) is 78.5 Å². The summed E-state index contributed by atoms with van der Waals surface area (Å²) >= 11 is 0. The second-order valence-corrected chi connectivity index (χ2v) is 9.68. The molecule has 0 amide bonds. The number of hydrogen-bond acceptors (Lipinski definition) is 10. The van der Waals surface area contributed by atoms with Crippen LogP contribution in [0, 0.1) is 0 Å². The molecule has 2 aromatic heterocycles. The van der Waals surface area contributed by atoms with Gasteiger partial charge in [-0.3, -0.25) is 20.0 Å². The standard InChI is InChI=1S/2C15H23N5.2ClH.Mn/c2*1-12-14-4-3-5-15(20-14)13(2)19-11-9-17-7-6-16-8-10-18-12;;;/h2*3-5,16-17H,6-11H2,1-2H3;2*1H;/q;;;;+2/p-2. The molecule has 4 heterocycles. The molecule has 237 valence electrons. The normalized spacial score (nSPS) is 17.2. The van der Waals surface area contributed by atoms with Gasteiger partial charge in [0.2, 0.25) is 0 Å². The average Bonchev–Trinajstić information content (AvgIpc) is 2.98.